The van der Waals surface area contributed by atoms with Gasteiger partial charge in [-0.15, -0.1) is 0 Å². The SMILES string of the molecule is C[C@H]1CO[C@@H](c2ccccn2)N1C. The van der Waals surface area contributed by atoms with Gasteiger partial charge in [-0.1, -0.05) is 6.07 Å². The summed E-state index contributed by atoms with van der Waals surface area (Å²) in [7, 11) is 2.07. The number of aromatic nitrogens is 1. The highest BCUT2D eigenvalue weighted by molar-refractivity contribution is 5.07. The summed E-state index contributed by atoms with van der Waals surface area (Å²) in [6.45, 7) is 2.95. The number of hydrogen-bond acceptors (Lipinski definition) is 3. The predicted octanol–water partition coefficient (Wildman–Crippen LogP) is 1.43. The van der Waals surface area contributed by atoms with Gasteiger partial charge in [-0.3, -0.25) is 9.88 Å². The van der Waals surface area contributed by atoms with Gasteiger partial charge in [0.15, 0.2) is 6.23 Å². The third-order valence-electron chi connectivity index (χ3n) is 2.50. The molecular formula is C10H14N2O. The molecule has 0 N–H and O–H groups in total. The Morgan fingerprint density at radius 3 is 2.92 bits per heavy atom. The Labute approximate surface area is 78.3 Å². The van der Waals surface area contributed by atoms with Crippen molar-refractivity contribution in [2.24, 2.45) is 0 Å². The van der Waals surface area contributed by atoms with Crippen LogP contribution in [0.5, 0.6) is 0 Å². The summed E-state index contributed by atoms with van der Waals surface area (Å²) < 4.78 is 5.63. The van der Waals surface area contributed by atoms with E-state index in [-0.39, 0.29) is 6.23 Å². The maximum Gasteiger partial charge on any atom is 0.153 e. The van der Waals surface area contributed by atoms with Crippen LogP contribution in [0.4, 0.5) is 0 Å². The zero-order valence-corrected chi connectivity index (χ0v) is 7.97. The zero-order valence-electron chi connectivity index (χ0n) is 7.97. The van der Waals surface area contributed by atoms with Gasteiger partial charge in [0.2, 0.25) is 0 Å². The van der Waals surface area contributed by atoms with E-state index >= 15 is 0 Å². The second-order valence-corrected chi connectivity index (χ2v) is 3.45. The van der Waals surface area contributed by atoms with E-state index in [9.17, 15) is 0 Å². The summed E-state index contributed by atoms with van der Waals surface area (Å²) in [6, 6.07) is 6.39. The first-order valence-corrected chi connectivity index (χ1v) is 4.53. The molecule has 1 saturated heterocycles. The molecule has 3 heteroatoms. The molecule has 0 aromatic carbocycles. The van der Waals surface area contributed by atoms with E-state index < -0.39 is 0 Å². The fourth-order valence-corrected chi connectivity index (χ4v) is 1.51. The minimum Gasteiger partial charge on any atom is -0.356 e. The van der Waals surface area contributed by atoms with E-state index in [2.05, 4.69) is 23.9 Å². The van der Waals surface area contributed by atoms with Crippen LogP contribution >= 0.6 is 0 Å². The Bertz CT molecular complexity index is 276. The Hall–Kier alpha value is -0.930. The van der Waals surface area contributed by atoms with Crippen molar-refractivity contribution in [2.45, 2.75) is 19.2 Å². The van der Waals surface area contributed by atoms with E-state index in [0.717, 1.165) is 12.3 Å². The highest BCUT2D eigenvalue weighted by Crippen LogP contribution is 2.26. The van der Waals surface area contributed by atoms with Gasteiger partial charge in [-0.05, 0) is 26.1 Å². The van der Waals surface area contributed by atoms with Gasteiger partial charge in [-0.25, -0.2) is 0 Å². The number of nitrogens with zero attached hydrogens (tertiary/aromatic N) is 2. The molecule has 2 rings (SSSR count). The first kappa shape index (κ1) is 8.66. The minimum absolute atomic E-state index is 0.0381. The highest BCUT2D eigenvalue weighted by Gasteiger charge is 2.29. The van der Waals surface area contributed by atoms with Crippen LogP contribution in [0.25, 0.3) is 0 Å². The second-order valence-electron chi connectivity index (χ2n) is 3.45. The fourth-order valence-electron chi connectivity index (χ4n) is 1.51. The van der Waals surface area contributed by atoms with Crippen LogP contribution in [0.3, 0.4) is 0 Å². The van der Waals surface area contributed by atoms with Crippen molar-refractivity contribution in [1.29, 1.82) is 0 Å². The summed E-state index contributed by atoms with van der Waals surface area (Å²) in [6.07, 6.45) is 1.84. The number of pyridine rings is 1. The molecule has 13 heavy (non-hydrogen) atoms. The molecule has 1 aliphatic rings. The van der Waals surface area contributed by atoms with Crippen molar-refractivity contribution in [3.05, 3.63) is 30.1 Å². The summed E-state index contributed by atoms with van der Waals surface area (Å²) in [5.74, 6) is 0. The standard InChI is InChI=1S/C10H14N2O/c1-8-7-13-10(12(8)2)9-5-3-4-6-11-9/h3-6,8,10H,7H2,1-2H3/t8-,10-/m0/s1. The number of rotatable bonds is 1. The van der Waals surface area contributed by atoms with Crippen LogP contribution in [0.2, 0.25) is 0 Å². The molecule has 1 aliphatic heterocycles. The molecule has 0 aliphatic carbocycles. The van der Waals surface area contributed by atoms with Crippen molar-refractivity contribution >= 4 is 0 Å². The molecular weight excluding hydrogens is 164 g/mol. The number of hydrogen-bond donors (Lipinski definition) is 0. The molecule has 2 atom stereocenters. The molecule has 0 amide bonds. The predicted molar refractivity (Wildman–Crippen MR) is 50.2 cm³/mol. The zero-order chi connectivity index (χ0) is 9.26. The monoisotopic (exact) mass is 178 g/mol. The molecule has 0 unspecified atom stereocenters. The maximum absolute atomic E-state index is 5.63. The fraction of sp³-hybridized carbons (Fsp3) is 0.500. The molecule has 2 heterocycles. The van der Waals surface area contributed by atoms with Crippen LogP contribution in [0, 0.1) is 0 Å². The molecule has 3 nitrogen and oxygen atoms in total. The Kier molecular flexibility index (Phi) is 2.29. The van der Waals surface area contributed by atoms with E-state index in [1.807, 2.05) is 18.2 Å². The lowest BCUT2D eigenvalue weighted by atomic mass is 10.3. The van der Waals surface area contributed by atoms with E-state index in [1.54, 1.807) is 6.20 Å². The Morgan fingerprint density at radius 2 is 2.38 bits per heavy atom. The molecule has 0 radical (unpaired) electrons. The summed E-state index contributed by atoms with van der Waals surface area (Å²) >= 11 is 0. The Balaban J connectivity index is 2.19. The second kappa shape index (κ2) is 3.44. The van der Waals surface area contributed by atoms with E-state index in [0.29, 0.717) is 6.04 Å². The maximum atomic E-state index is 5.63. The summed E-state index contributed by atoms with van der Waals surface area (Å²) in [5, 5.41) is 0. The molecule has 70 valence electrons. The quantitative estimate of drug-likeness (QED) is 0.650. The minimum atomic E-state index is 0.0381. The molecule has 1 fully saturated rings. The van der Waals surface area contributed by atoms with Crippen LogP contribution in [-0.2, 0) is 4.74 Å². The lowest BCUT2D eigenvalue weighted by molar-refractivity contribution is 0.0401. The van der Waals surface area contributed by atoms with Gasteiger partial charge >= 0.3 is 0 Å². The highest BCUT2D eigenvalue weighted by atomic mass is 16.5. The van der Waals surface area contributed by atoms with Crippen LogP contribution < -0.4 is 0 Å². The first-order valence-electron chi connectivity index (χ1n) is 4.53. The third kappa shape index (κ3) is 1.57. The van der Waals surface area contributed by atoms with Gasteiger partial charge in [-0.2, -0.15) is 0 Å². The number of ether oxygens (including phenoxy) is 1. The van der Waals surface area contributed by atoms with Gasteiger partial charge in [0.1, 0.15) is 0 Å². The molecule has 1 aromatic heterocycles. The smallest absolute Gasteiger partial charge is 0.153 e. The summed E-state index contributed by atoms with van der Waals surface area (Å²) in [4.78, 5) is 6.48. The van der Waals surface area contributed by atoms with E-state index in [4.69, 9.17) is 4.74 Å². The average Bonchev–Trinajstić information content (AvgIpc) is 2.49. The largest absolute Gasteiger partial charge is 0.356 e. The van der Waals surface area contributed by atoms with Crippen LogP contribution in [0.1, 0.15) is 18.8 Å². The summed E-state index contributed by atoms with van der Waals surface area (Å²) in [5.41, 5.74) is 0.995. The van der Waals surface area contributed by atoms with Crippen molar-refractivity contribution in [2.75, 3.05) is 13.7 Å². The van der Waals surface area contributed by atoms with Crippen molar-refractivity contribution in [3.63, 3.8) is 0 Å². The average molecular weight is 178 g/mol. The van der Waals surface area contributed by atoms with E-state index in [1.165, 1.54) is 0 Å². The van der Waals surface area contributed by atoms with Gasteiger partial charge in [0, 0.05) is 12.2 Å². The Morgan fingerprint density at radius 1 is 1.54 bits per heavy atom. The van der Waals surface area contributed by atoms with Gasteiger partial charge < -0.3 is 4.74 Å². The van der Waals surface area contributed by atoms with Crippen LogP contribution in [0.15, 0.2) is 24.4 Å². The third-order valence-corrected chi connectivity index (χ3v) is 2.50. The lowest BCUT2D eigenvalue weighted by Gasteiger charge is -2.20. The van der Waals surface area contributed by atoms with Crippen molar-refractivity contribution in [3.8, 4) is 0 Å². The lowest BCUT2D eigenvalue weighted by Crippen LogP contribution is -2.26. The topological polar surface area (TPSA) is 25.4 Å². The first-order chi connectivity index (χ1) is 6.29. The number of likely N-dealkylation sites (N-methyl/N-ethyl adjacent to an activating group) is 1. The molecule has 0 spiro atoms. The van der Waals surface area contributed by atoms with Crippen molar-refractivity contribution < 1.29 is 4.74 Å². The normalized spacial score (nSPS) is 29.4. The van der Waals surface area contributed by atoms with Gasteiger partial charge in [0.25, 0.3) is 0 Å². The van der Waals surface area contributed by atoms with Crippen LogP contribution in [-0.4, -0.2) is 29.6 Å². The molecule has 1 aromatic rings. The van der Waals surface area contributed by atoms with Crippen molar-refractivity contribution in [1.82, 2.24) is 9.88 Å². The van der Waals surface area contributed by atoms with Gasteiger partial charge in [0.05, 0.1) is 12.3 Å². The molecule has 0 saturated carbocycles. The molecule has 0 bridgehead atoms.